The summed E-state index contributed by atoms with van der Waals surface area (Å²) in [7, 11) is 0. The second-order valence-corrected chi connectivity index (χ2v) is 8.60. The average Bonchev–Trinajstić information content (AvgIpc) is 3.46. The Hall–Kier alpha value is -3.46. The van der Waals surface area contributed by atoms with Gasteiger partial charge in [-0.3, -0.25) is 4.79 Å². The normalized spacial score (nSPS) is 14.8. The summed E-state index contributed by atoms with van der Waals surface area (Å²) >= 11 is 6.43. The van der Waals surface area contributed by atoms with Crippen LogP contribution < -0.4 is 10.6 Å². The molecule has 170 valence electrons. The summed E-state index contributed by atoms with van der Waals surface area (Å²) in [5, 5.41) is 8.49. The van der Waals surface area contributed by atoms with Crippen molar-refractivity contribution in [1.82, 2.24) is 29.8 Å². The van der Waals surface area contributed by atoms with Crippen LogP contribution in [0, 0.1) is 0 Å². The van der Waals surface area contributed by atoms with E-state index in [1.807, 2.05) is 23.1 Å². The lowest BCUT2D eigenvalue weighted by atomic mass is 10.1. The number of hydrogen-bond acceptors (Lipinski definition) is 7. The van der Waals surface area contributed by atoms with Crippen molar-refractivity contribution in [3.63, 3.8) is 0 Å². The fourth-order valence-electron chi connectivity index (χ4n) is 4.22. The molecule has 3 aromatic heterocycles. The lowest BCUT2D eigenvalue weighted by molar-refractivity contribution is -0.127. The van der Waals surface area contributed by atoms with E-state index in [1.54, 1.807) is 6.33 Å². The summed E-state index contributed by atoms with van der Waals surface area (Å²) in [6, 6.07) is 7.76. The van der Waals surface area contributed by atoms with Crippen LogP contribution in [0.5, 0.6) is 0 Å². The van der Waals surface area contributed by atoms with E-state index in [1.165, 1.54) is 6.33 Å². The molecule has 0 saturated carbocycles. The third kappa shape index (κ3) is 4.41. The van der Waals surface area contributed by atoms with Gasteiger partial charge in [-0.05, 0) is 31.9 Å². The number of H-pyrrole nitrogens is 1. The number of rotatable bonds is 8. The number of hydrogen-bond donors (Lipinski definition) is 3. The Morgan fingerprint density at radius 1 is 1.21 bits per heavy atom. The number of amides is 1. The average molecular weight is 465 g/mol. The third-order valence-electron chi connectivity index (χ3n) is 5.93. The van der Waals surface area contributed by atoms with Crippen LogP contribution in [0.15, 0.2) is 36.9 Å². The van der Waals surface area contributed by atoms with Crippen LogP contribution >= 0.6 is 11.6 Å². The highest BCUT2D eigenvalue weighted by Gasteiger charge is 2.20. The van der Waals surface area contributed by atoms with Crippen LogP contribution in [0.4, 0.5) is 11.6 Å². The number of halogens is 1. The van der Waals surface area contributed by atoms with Gasteiger partial charge in [0.1, 0.15) is 17.7 Å². The number of likely N-dealkylation sites (tertiary alicyclic amines) is 1. The largest absolute Gasteiger partial charge is 0.370 e. The van der Waals surface area contributed by atoms with Crippen molar-refractivity contribution in [2.75, 3.05) is 30.3 Å². The number of benzene rings is 1. The molecule has 3 N–H and O–H groups in total. The number of carbonyl (C=O) groups is 1. The molecule has 1 atom stereocenters. The Balaban J connectivity index is 1.39. The minimum Gasteiger partial charge on any atom is -0.370 e. The second kappa shape index (κ2) is 9.19. The van der Waals surface area contributed by atoms with Crippen LogP contribution in [0.2, 0.25) is 5.02 Å². The van der Waals surface area contributed by atoms with Gasteiger partial charge in [-0.2, -0.15) is 0 Å². The molecule has 1 saturated heterocycles. The van der Waals surface area contributed by atoms with Gasteiger partial charge in [0.05, 0.1) is 22.9 Å². The monoisotopic (exact) mass is 464 g/mol. The van der Waals surface area contributed by atoms with Crippen molar-refractivity contribution < 1.29 is 4.79 Å². The van der Waals surface area contributed by atoms with Gasteiger partial charge in [-0.1, -0.05) is 23.7 Å². The van der Waals surface area contributed by atoms with Gasteiger partial charge in [-0.15, -0.1) is 0 Å². The summed E-state index contributed by atoms with van der Waals surface area (Å²) in [6.45, 7) is 4.36. The molecule has 0 spiro atoms. The van der Waals surface area contributed by atoms with E-state index in [0.717, 1.165) is 48.2 Å². The summed E-state index contributed by atoms with van der Waals surface area (Å²) < 4.78 is 0. The molecule has 1 unspecified atom stereocenters. The Kier molecular flexibility index (Phi) is 5.95. The van der Waals surface area contributed by atoms with Crippen LogP contribution in [0.3, 0.4) is 0 Å². The molecule has 1 aromatic carbocycles. The molecule has 5 rings (SSSR count). The number of carbonyl (C=O) groups excluding carboxylic acids is 1. The van der Waals surface area contributed by atoms with E-state index in [2.05, 4.69) is 43.6 Å². The topological polar surface area (TPSA) is 112 Å². The SMILES string of the molecule is CC(Nc1ncnc2[nH]cnc12)c1cc2cccc(Cl)c2nc1NCCCN1CCCC1=O. The first-order valence-electron chi connectivity index (χ1n) is 11.1. The number of aromatic amines is 1. The lowest BCUT2D eigenvalue weighted by Gasteiger charge is -2.21. The maximum absolute atomic E-state index is 11.9. The number of nitrogens with zero attached hydrogens (tertiary/aromatic N) is 5. The second-order valence-electron chi connectivity index (χ2n) is 8.19. The molecule has 1 aliphatic heterocycles. The number of imidazole rings is 1. The minimum atomic E-state index is -0.113. The summed E-state index contributed by atoms with van der Waals surface area (Å²) in [6.07, 6.45) is 5.57. The lowest BCUT2D eigenvalue weighted by Crippen LogP contribution is -2.27. The van der Waals surface area contributed by atoms with E-state index in [4.69, 9.17) is 16.6 Å². The summed E-state index contributed by atoms with van der Waals surface area (Å²) in [5.74, 6) is 1.66. The third-order valence-corrected chi connectivity index (χ3v) is 6.24. The van der Waals surface area contributed by atoms with Crippen LogP contribution in [-0.4, -0.2) is 55.4 Å². The van der Waals surface area contributed by atoms with Crippen molar-refractivity contribution in [2.24, 2.45) is 0 Å². The van der Waals surface area contributed by atoms with Crippen molar-refractivity contribution in [3.8, 4) is 0 Å². The maximum atomic E-state index is 11.9. The van der Waals surface area contributed by atoms with E-state index in [0.29, 0.717) is 35.0 Å². The van der Waals surface area contributed by atoms with Crippen molar-refractivity contribution in [3.05, 3.63) is 47.5 Å². The standard InChI is InChI=1S/C23H25ClN8O/c1-14(30-23-20-22(27-12-26-20)28-13-29-23)16-11-15-5-2-6-17(24)19(15)31-21(16)25-8-4-10-32-9-3-7-18(32)33/h2,5-6,11-14H,3-4,7-10H2,1H3,(H,25,31)(H2,26,27,28,29,30). The van der Waals surface area contributed by atoms with E-state index in [-0.39, 0.29) is 11.9 Å². The first-order valence-corrected chi connectivity index (χ1v) is 11.5. The molecule has 0 bridgehead atoms. The highest BCUT2D eigenvalue weighted by atomic mass is 35.5. The smallest absolute Gasteiger partial charge is 0.222 e. The van der Waals surface area contributed by atoms with E-state index in [9.17, 15) is 4.79 Å². The van der Waals surface area contributed by atoms with Crippen molar-refractivity contribution in [2.45, 2.75) is 32.2 Å². The molecule has 10 heteroatoms. The van der Waals surface area contributed by atoms with Gasteiger partial charge in [0.25, 0.3) is 0 Å². The van der Waals surface area contributed by atoms with Crippen LogP contribution in [0.1, 0.15) is 37.8 Å². The zero-order valence-corrected chi connectivity index (χ0v) is 19.1. The summed E-state index contributed by atoms with van der Waals surface area (Å²) in [4.78, 5) is 34.6. The molecule has 4 aromatic rings. The molecule has 1 amide bonds. The highest BCUT2D eigenvalue weighted by molar-refractivity contribution is 6.35. The Morgan fingerprint density at radius 3 is 2.97 bits per heavy atom. The Morgan fingerprint density at radius 2 is 2.12 bits per heavy atom. The zero-order valence-electron chi connectivity index (χ0n) is 18.3. The quantitative estimate of drug-likeness (QED) is 0.336. The van der Waals surface area contributed by atoms with Crippen molar-refractivity contribution >= 4 is 51.2 Å². The van der Waals surface area contributed by atoms with Gasteiger partial charge >= 0.3 is 0 Å². The number of aromatic nitrogens is 5. The number of anilines is 2. The van der Waals surface area contributed by atoms with Gasteiger partial charge in [-0.25, -0.2) is 19.9 Å². The first-order chi connectivity index (χ1) is 16.1. The Labute approximate surface area is 196 Å². The zero-order chi connectivity index (χ0) is 22.8. The van der Waals surface area contributed by atoms with Gasteiger partial charge in [0, 0.05) is 37.0 Å². The molecule has 9 nitrogen and oxygen atoms in total. The molecule has 0 radical (unpaired) electrons. The fraction of sp³-hybridized carbons (Fsp3) is 0.348. The predicted octanol–water partition coefficient (Wildman–Crippen LogP) is 4.15. The van der Waals surface area contributed by atoms with Gasteiger partial charge in [0.15, 0.2) is 11.5 Å². The number of nitrogens with one attached hydrogen (secondary N) is 3. The fourth-order valence-corrected chi connectivity index (χ4v) is 4.44. The number of fused-ring (bicyclic) bond motifs is 2. The van der Waals surface area contributed by atoms with E-state index < -0.39 is 0 Å². The van der Waals surface area contributed by atoms with Crippen LogP contribution in [0.25, 0.3) is 22.1 Å². The summed E-state index contributed by atoms with van der Waals surface area (Å²) in [5.41, 5.74) is 3.11. The Bertz CT molecular complexity index is 1310. The molecule has 1 fully saturated rings. The van der Waals surface area contributed by atoms with Crippen LogP contribution in [-0.2, 0) is 4.79 Å². The predicted molar refractivity (Wildman–Crippen MR) is 129 cm³/mol. The molecule has 0 aliphatic carbocycles. The minimum absolute atomic E-state index is 0.113. The molecule has 1 aliphatic rings. The van der Waals surface area contributed by atoms with E-state index >= 15 is 0 Å². The van der Waals surface area contributed by atoms with Gasteiger partial charge < -0.3 is 20.5 Å². The number of para-hydroxylation sites is 1. The highest BCUT2D eigenvalue weighted by Crippen LogP contribution is 2.31. The molecular formula is C23H25ClN8O. The molecular weight excluding hydrogens is 440 g/mol. The molecule has 4 heterocycles. The van der Waals surface area contributed by atoms with Crippen molar-refractivity contribution in [1.29, 1.82) is 0 Å². The first kappa shape index (κ1) is 21.4. The maximum Gasteiger partial charge on any atom is 0.222 e. The van der Waals surface area contributed by atoms with Gasteiger partial charge in [0.2, 0.25) is 5.91 Å². The number of pyridine rings is 1. The molecule has 33 heavy (non-hydrogen) atoms.